The number of unbranched alkanes of at least 4 members (excludes halogenated alkanes) is 1. The molecule has 1 aliphatic carbocycles. The van der Waals surface area contributed by atoms with Crippen molar-refractivity contribution in [2.75, 3.05) is 19.3 Å². The number of nitrogen functional groups attached to an aromatic ring is 1. The summed E-state index contributed by atoms with van der Waals surface area (Å²) in [5, 5.41) is 19.6. The fraction of sp³-hybridized carbons (Fsp3) is 0.469. The monoisotopic (exact) mass is 596 g/mol. The van der Waals surface area contributed by atoms with Crippen LogP contribution in [0.2, 0.25) is 0 Å². The molecule has 4 aromatic heterocycles. The number of hydrogen-bond donors (Lipinski definition) is 1. The molecular weight excluding hydrogens is 560 g/mol. The smallest absolute Gasteiger partial charge is 0.219 e. The van der Waals surface area contributed by atoms with E-state index in [-0.39, 0.29) is 12.0 Å². The van der Waals surface area contributed by atoms with Crippen molar-refractivity contribution < 1.29 is 9.26 Å². The van der Waals surface area contributed by atoms with Crippen LogP contribution in [0, 0.1) is 23.7 Å². The third kappa shape index (κ3) is 5.51. The minimum absolute atomic E-state index is 0.0801. The summed E-state index contributed by atoms with van der Waals surface area (Å²) in [6, 6.07) is 6.19. The maximum atomic E-state index is 9.95. The molecule has 0 aromatic carbocycles. The van der Waals surface area contributed by atoms with Gasteiger partial charge in [-0.2, -0.15) is 15.3 Å². The minimum atomic E-state index is -0.0961. The number of likely N-dealkylation sites (tertiary alicyclic amines) is 1. The Labute approximate surface area is 255 Å². The Morgan fingerprint density at radius 2 is 2.16 bits per heavy atom. The first-order valence-corrected chi connectivity index (χ1v) is 15.8. The summed E-state index contributed by atoms with van der Waals surface area (Å²) in [4.78, 5) is 13.3. The minimum Gasteiger partial charge on any atom is -0.473 e. The van der Waals surface area contributed by atoms with Gasteiger partial charge in [0.2, 0.25) is 5.88 Å². The van der Waals surface area contributed by atoms with E-state index in [0.29, 0.717) is 45.5 Å². The van der Waals surface area contributed by atoms with Crippen LogP contribution in [0.3, 0.4) is 0 Å². The van der Waals surface area contributed by atoms with Crippen LogP contribution in [0.5, 0.6) is 5.88 Å². The number of aromatic nitrogens is 5. The summed E-state index contributed by atoms with van der Waals surface area (Å²) < 4.78 is 14.3. The van der Waals surface area contributed by atoms with Gasteiger partial charge >= 0.3 is 0 Å². The van der Waals surface area contributed by atoms with Crippen molar-refractivity contribution in [1.29, 1.82) is 5.26 Å². The first-order valence-electron chi connectivity index (χ1n) is 15.0. The number of nitrogens with zero attached hydrogens (tertiary/aromatic N) is 7. The van der Waals surface area contributed by atoms with E-state index in [1.54, 1.807) is 23.0 Å². The predicted molar refractivity (Wildman–Crippen MR) is 165 cm³/mol. The van der Waals surface area contributed by atoms with Crippen molar-refractivity contribution in [3.05, 3.63) is 51.4 Å². The van der Waals surface area contributed by atoms with Gasteiger partial charge in [0, 0.05) is 34.7 Å². The molecule has 0 radical (unpaired) electrons. The molecule has 11 heteroatoms. The van der Waals surface area contributed by atoms with Crippen molar-refractivity contribution in [2.45, 2.75) is 83.3 Å². The highest BCUT2D eigenvalue weighted by Crippen LogP contribution is 2.47. The Hall–Kier alpha value is -4.19. The van der Waals surface area contributed by atoms with Crippen LogP contribution in [-0.4, -0.2) is 55.5 Å². The van der Waals surface area contributed by atoms with Crippen molar-refractivity contribution in [1.82, 2.24) is 29.8 Å². The summed E-state index contributed by atoms with van der Waals surface area (Å²) in [6.07, 6.45) is 15.0. The topological polar surface area (TPSA) is 132 Å². The fourth-order valence-electron chi connectivity index (χ4n) is 6.44. The first-order chi connectivity index (χ1) is 20.9. The van der Waals surface area contributed by atoms with Crippen LogP contribution in [0.1, 0.15) is 91.3 Å². The Kier molecular flexibility index (Phi) is 8.20. The second-order valence-corrected chi connectivity index (χ2v) is 12.5. The summed E-state index contributed by atoms with van der Waals surface area (Å²) in [6.45, 7) is 5.29. The second-order valence-electron chi connectivity index (χ2n) is 11.4. The molecule has 2 aliphatic rings. The number of hydrogen-bond acceptors (Lipinski definition) is 10. The molecule has 3 atom stereocenters. The second kappa shape index (κ2) is 12.2. The molecule has 6 rings (SSSR count). The van der Waals surface area contributed by atoms with Crippen LogP contribution in [0.15, 0.2) is 22.9 Å². The lowest BCUT2D eigenvalue weighted by Gasteiger charge is -2.26. The Morgan fingerprint density at radius 3 is 2.88 bits per heavy atom. The van der Waals surface area contributed by atoms with Gasteiger partial charge in [0.15, 0.2) is 17.3 Å². The first kappa shape index (κ1) is 28.9. The summed E-state index contributed by atoms with van der Waals surface area (Å²) in [5.74, 6) is 4.61. The van der Waals surface area contributed by atoms with Crippen molar-refractivity contribution in [3.8, 4) is 41.6 Å². The SMILES string of the molecule is C#Cc1ccn(-c2cc(O[C@@H](C)[C@@H]3CCCN3C)nc(-c3noc([C@H]4CCCc5sc(N)c(C#N)c54)c3CCCC)n2)n1. The van der Waals surface area contributed by atoms with Crippen LogP contribution in [-0.2, 0) is 12.8 Å². The van der Waals surface area contributed by atoms with Crippen LogP contribution in [0.25, 0.3) is 17.3 Å². The molecule has 0 unspecified atom stereocenters. The standard InChI is InChI=1S/C32H36N8O2S/c1-5-7-10-22-29(38-42-30(22)21-11-8-13-25-28(21)23(18-33)31(34)43-25)32-35-26(40-16-14-20(6-2)37-40)17-27(36-32)41-19(3)24-12-9-15-39(24)4/h2,14,16-17,19,21,24H,5,7-13,15,34H2,1,3-4H3/t19-,21-,24-/m0/s1. The van der Waals surface area contributed by atoms with E-state index in [9.17, 15) is 5.26 Å². The number of ether oxygens (including phenoxy) is 1. The van der Waals surface area contributed by atoms with Crippen molar-refractivity contribution in [3.63, 3.8) is 0 Å². The van der Waals surface area contributed by atoms with Gasteiger partial charge < -0.3 is 15.0 Å². The van der Waals surface area contributed by atoms with Gasteiger partial charge in [0.1, 0.15) is 28.6 Å². The number of terminal acetylenes is 1. The van der Waals surface area contributed by atoms with E-state index in [2.05, 4.69) is 48.0 Å². The highest BCUT2D eigenvalue weighted by Gasteiger charge is 2.35. The van der Waals surface area contributed by atoms with Gasteiger partial charge in [-0.3, -0.25) is 4.90 Å². The highest BCUT2D eigenvalue weighted by atomic mass is 32.1. The maximum Gasteiger partial charge on any atom is 0.219 e. The van der Waals surface area contributed by atoms with Crippen LogP contribution < -0.4 is 10.5 Å². The molecule has 1 saturated heterocycles. The summed E-state index contributed by atoms with van der Waals surface area (Å²) in [5.41, 5.74) is 9.88. The molecule has 1 aliphatic heterocycles. The van der Waals surface area contributed by atoms with E-state index in [1.807, 2.05) is 0 Å². The van der Waals surface area contributed by atoms with E-state index < -0.39 is 0 Å². The molecule has 10 nitrogen and oxygen atoms in total. The largest absolute Gasteiger partial charge is 0.473 e. The number of rotatable bonds is 9. The number of thiophene rings is 1. The van der Waals surface area contributed by atoms with Gasteiger partial charge in [0.25, 0.3) is 0 Å². The number of aryl methyl sites for hydroxylation is 1. The number of likely N-dealkylation sites (N-methyl/N-ethyl adjacent to an activating group) is 1. The molecule has 0 spiro atoms. The average Bonchev–Trinajstić information content (AvgIpc) is 3.80. The van der Waals surface area contributed by atoms with Crippen molar-refractivity contribution >= 4 is 16.3 Å². The highest BCUT2D eigenvalue weighted by molar-refractivity contribution is 7.16. The lowest BCUT2D eigenvalue weighted by atomic mass is 9.81. The molecule has 222 valence electrons. The zero-order valence-electron chi connectivity index (χ0n) is 24.8. The molecule has 0 saturated carbocycles. The number of nitriles is 1. The van der Waals surface area contributed by atoms with E-state index >= 15 is 0 Å². The molecule has 43 heavy (non-hydrogen) atoms. The van der Waals surface area contributed by atoms with Crippen LogP contribution in [0.4, 0.5) is 5.00 Å². The summed E-state index contributed by atoms with van der Waals surface area (Å²) in [7, 11) is 2.13. The molecule has 0 bridgehead atoms. The number of anilines is 1. The molecular formula is C32H36N8O2S. The Balaban J connectivity index is 1.45. The van der Waals surface area contributed by atoms with Gasteiger partial charge in [-0.1, -0.05) is 18.5 Å². The number of nitrogens with two attached hydrogens (primary N) is 1. The lowest BCUT2D eigenvalue weighted by molar-refractivity contribution is 0.117. The molecule has 1 fully saturated rings. The van der Waals surface area contributed by atoms with E-state index in [1.165, 1.54) is 11.3 Å². The van der Waals surface area contributed by atoms with E-state index in [4.69, 9.17) is 31.4 Å². The van der Waals surface area contributed by atoms with Crippen LogP contribution >= 0.6 is 11.3 Å². The quantitative estimate of drug-likeness (QED) is 0.249. The third-order valence-corrected chi connectivity index (χ3v) is 9.71. The van der Waals surface area contributed by atoms with Gasteiger partial charge in [0.05, 0.1) is 5.56 Å². The molecule has 0 amide bonds. The lowest BCUT2D eigenvalue weighted by Crippen LogP contribution is -2.38. The molecule has 2 N–H and O–H groups in total. The zero-order valence-corrected chi connectivity index (χ0v) is 25.7. The van der Waals surface area contributed by atoms with Gasteiger partial charge in [-0.25, -0.2) is 9.67 Å². The number of fused-ring (bicyclic) bond motifs is 1. The average molecular weight is 597 g/mol. The van der Waals surface area contributed by atoms with Crippen molar-refractivity contribution in [2.24, 2.45) is 0 Å². The van der Waals surface area contributed by atoms with Gasteiger partial charge in [-0.05, 0) is 83.0 Å². The van der Waals surface area contributed by atoms with Gasteiger partial charge in [-0.15, -0.1) is 17.8 Å². The fourth-order valence-corrected chi connectivity index (χ4v) is 7.57. The predicted octanol–water partition coefficient (Wildman–Crippen LogP) is 5.49. The normalized spacial score (nSPS) is 19.1. The van der Waals surface area contributed by atoms with E-state index in [0.717, 1.165) is 79.7 Å². The summed E-state index contributed by atoms with van der Waals surface area (Å²) >= 11 is 1.51. The molecule has 4 aromatic rings. The third-order valence-electron chi connectivity index (χ3n) is 8.62. The molecule has 5 heterocycles. The maximum absolute atomic E-state index is 9.95. The Bertz CT molecular complexity index is 1710. The Morgan fingerprint density at radius 1 is 1.30 bits per heavy atom. The zero-order chi connectivity index (χ0) is 30.1.